The number of rotatable bonds is 8. The van der Waals surface area contributed by atoms with Crippen LogP contribution < -0.4 is 10.0 Å². The highest BCUT2D eigenvalue weighted by Gasteiger charge is 2.38. The van der Waals surface area contributed by atoms with Gasteiger partial charge in [-0.2, -0.15) is 0 Å². The maximum absolute atomic E-state index is 12.2. The predicted molar refractivity (Wildman–Crippen MR) is 81.8 cm³/mol. The van der Waals surface area contributed by atoms with Crippen LogP contribution in [0, 0.1) is 0 Å². The lowest BCUT2D eigenvalue weighted by molar-refractivity contribution is -0.0659. The van der Waals surface area contributed by atoms with E-state index in [-0.39, 0.29) is 10.5 Å². The average Bonchev–Trinajstić information content (AvgIpc) is 2.45. The van der Waals surface area contributed by atoms with E-state index in [1.54, 1.807) is 19.2 Å². The van der Waals surface area contributed by atoms with E-state index >= 15 is 0 Å². The molecule has 21 heavy (non-hydrogen) atoms. The molecule has 1 fully saturated rings. The molecule has 0 radical (unpaired) electrons. The molecule has 1 aliphatic rings. The number of methoxy groups -OCH3 is 1. The first-order valence-corrected chi connectivity index (χ1v) is 8.74. The molecular formula is C14H23N3O3S. The number of anilines is 1. The second-order valence-electron chi connectivity index (χ2n) is 5.37. The Labute approximate surface area is 126 Å². The second kappa shape index (κ2) is 6.72. The van der Waals surface area contributed by atoms with Crippen molar-refractivity contribution in [2.24, 2.45) is 0 Å². The summed E-state index contributed by atoms with van der Waals surface area (Å²) in [4.78, 5) is 4.30. The lowest BCUT2D eigenvalue weighted by atomic mass is 9.80. The SMILES string of the molecule is CCCNc1ccc(S(=O)(=O)NCC2(OC)CCC2)cn1. The summed E-state index contributed by atoms with van der Waals surface area (Å²) in [5, 5.41) is 3.11. The standard InChI is InChI=1S/C14H23N3O3S/c1-3-9-15-13-6-5-12(10-16-13)21(18,19)17-11-14(20-2)7-4-8-14/h5-6,10,17H,3-4,7-9,11H2,1-2H3,(H,15,16). The van der Waals surface area contributed by atoms with E-state index in [0.29, 0.717) is 12.4 Å². The van der Waals surface area contributed by atoms with Gasteiger partial charge in [0.2, 0.25) is 10.0 Å². The second-order valence-corrected chi connectivity index (χ2v) is 7.14. The van der Waals surface area contributed by atoms with E-state index < -0.39 is 10.0 Å². The fourth-order valence-electron chi connectivity index (χ4n) is 2.23. The van der Waals surface area contributed by atoms with Crippen LogP contribution in [0.2, 0.25) is 0 Å². The molecule has 7 heteroatoms. The summed E-state index contributed by atoms with van der Waals surface area (Å²) in [7, 11) is -1.91. The maximum Gasteiger partial charge on any atom is 0.242 e. The summed E-state index contributed by atoms with van der Waals surface area (Å²) < 4.78 is 32.5. The van der Waals surface area contributed by atoms with Gasteiger partial charge in [0.15, 0.2) is 0 Å². The van der Waals surface area contributed by atoms with E-state index in [0.717, 1.165) is 32.2 Å². The Kier molecular flexibility index (Phi) is 5.18. The Bertz CT molecular complexity index is 548. The van der Waals surface area contributed by atoms with Crippen molar-refractivity contribution in [2.75, 3.05) is 25.5 Å². The summed E-state index contributed by atoms with van der Waals surface area (Å²) in [6, 6.07) is 3.24. The molecule has 0 spiro atoms. The lowest BCUT2D eigenvalue weighted by Gasteiger charge is -2.40. The van der Waals surface area contributed by atoms with Gasteiger partial charge in [0.1, 0.15) is 10.7 Å². The van der Waals surface area contributed by atoms with Crippen LogP contribution in [0.3, 0.4) is 0 Å². The number of ether oxygens (including phenoxy) is 1. The van der Waals surface area contributed by atoms with Gasteiger partial charge in [0, 0.05) is 26.4 Å². The minimum atomic E-state index is -3.54. The maximum atomic E-state index is 12.2. The van der Waals surface area contributed by atoms with Crippen molar-refractivity contribution in [3.63, 3.8) is 0 Å². The lowest BCUT2D eigenvalue weighted by Crippen LogP contribution is -2.49. The van der Waals surface area contributed by atoms with Crippen LogP contribution in [0.15, 0.2) is 23.2 Å². The van der Waals surface area contributed by atoms with Gasteiger partial charge in [0.25, 0.3) is 0 Å². The monoisotopic (exact) mass is 313 g/mol. The van der Waals surface area contributed by atoms with E-state index in [1.807, 2.05) is 0 Å². The van der Waals surface area contributed by atoms with Gasteiger partial charge in [-0.25, -0.2) is 18.1 Å². The van der Waals surface area contributed by atoms with Gasteiger partial charge in [-0.05, 0) is 37.8 Å². The molecule has 0 aromatic carbocycles. The van der Waals surface area contributed by atoms with Crippen LogP contribution in [0.5, 0.6) is 0 Å². The number of hydrogen-bond acceptors (Lipinski definition) is 5. The third-order valence-corrected chi connectivity index (χ3v) is 5.27. The van der Waals surface area contributed by atoms with Crippen molar-refractivity contribution in [1.29, 1.82) is 0 Å². The Balaban J connectivity index is 1.98. The van der Waals surface area contributed by atoms with Crippen molar-refractivity contribution >= 4 is 15.8 Å². The van der Waals surface area contributed by atoms with Gasteiger partial charge < -0.3 is 10.1 Å². The summed E-state index contributed by atoms with van der Waals surface area (Å²) in [6.45, 7) is 3.18. The quantitative estimate of drug-likeness (QED) is 0.764. The van der Waals surface area contributed by atoms with Gasteiger partial charge in [-0.3, -0.25) is 0 Å². The fraction of sp³-hybridized carbons (Fsp3) is 0.643. The number of pyridine rings is 1. The molecule has 1 aromatic heterocycles. The Morgan fingerprint density at radius 3 is 2.62 bits per heavy atom. The molecule has 0 bridgehead atoms. The average molecular weight is 313 g/mol. The Morgan fingerprint density at radius 1 is 1.38 bits per heavy atom. The molecule has 2 N–H and O–H groups in total. The zero-order chi connectivity index (χ0) is 15.3. The number of nitrogens with zero attached hydrogens (tertiary/aromatic N) is 1. The zero-order valence-electron chi connectivity index (χ0n) is 12.6. The van der Waals surface area contributed by atoms with E-state index in [9.17, 15) is 8.42 Å². The molecule has 2 rings (SSSR count). The number of aromatic nitrogens is 1. The zero-order valence-corrected chi connectivity index (χ0v) is 13.4. The van der Waals surface area contributed by atoms with Crippen LogP contribution in [0.25, 0.3) is 0 Å². The molecule has 1 aromatic rings. The summed E-state index contributed by atoms with van der Waals surface area (Å²) in [6.07, 6.45) is 5.23. The minimum Gasteiger partial charge on any atom is -0.377 e. The minimum absolute atomic E-state index is 0.176. The summed E-state index contributed by atoms with van der Waals surface area (Å²) >= 11 is 0. The molecule has 0 amide bonds. The van der Waals surface area contributed by atoms with E-state index in [1.165, 1.54) is 6.20 Å². The molecular weight excluding hydrogens is 290 g/mol. The van der Waals surface area contributed by atoms with Gasteiger partial charge in [0.05, 0.1) is 5.60 Å². The first kappa shape index (κ1) is 16.2. The van der Waals surface area contributed by atoms with Crippen molar-refractivity contribution in [3.05, 3.63) is 18.3 Å². The molecule has 6 nitrogen and oxygen atoms in total. The van der Waals surface area contributed by atoms with Crippen molar-refractivity contribution in [1.82, 2.24) is 9.71 Å². The molecule has 0 aliphatic heterocycles. The summed E-state index contributed by atoms with van der Waals surface area (Å²) in [5.41, 5.74) is -0.330. The van der Waals surface area contributed by atoms with Gasteiger partial charge >= 0.3 is 0 Å². The largest absolute Gasteiger partial charge is 0.377 e. The molecule has 0 saturated heterocycles. The number of nitrogens with one attached hydrogen (secondary N) is 2. The Morgan fingerprint density at radius 2 is 2.14 bits per heavy atom. The first-order chi connectivity index (χ1) is 10.0. The van der Waals surface area contributed by atoms with Gasteiger partial charge in [-0.1, -0.05) is 6.92 Å². The molecule has 0 atom stereocenters. The highest BCUT2D eigenvalue weighted by Crippen LogP contribution is 2.34. The van der Waals surface area contributed by atoms with Crippen LogP contribution in [0.1, 0.15) is 32.6 Å². The third kappa shape index (κ3) is 3.93. The molecule has 1 saturated carbocycles. The number of sulfonamides is 1. The molecule has 1 heterocycles. The highest BCUT2D eigenvalue weighted by molar-refractivity contribution is 7.89. The topological polar surface area (TPSA) is 80.3 Å². The highest BCUT2D eigenvalue weighted by atomic mass is 32.2. The molecule has 0 unspecified atom stereocenters. The van der Waals surface area contributed by atoms with E-state index in [2.05, 4.69) is 21.9 Å². The third-order valence-electron chi connectivity index (χ3n) is 3.88. The van der Waals surface area contributed by atoms with Gasteiger partial charge in [-0.15, -0.1) is 0 Å². The van der Waals surface area contributed by atoms with Crippen LogP contribution in [-0.4, -0.2) is 39.2 Å². The van der Waals surface area contributed by atoms with Crippen molar-refractivity contribution < 1.29 is 13.2 Å². The van der Waals surface area contributed by atoms with Crippen LogP contribution in [0.4, 0.5) is 5.82 Å². The van der Waals surface area contributed by atoms with Crippen LogP contribution >= 0.6 is 0 Å². The molecule has 118 valence electrons. The normalized spacial score (nSPS) is 17.2. The van der Waals surface area contributed by atoms with Crippen LogP contribution in [-0.2, 0) is 14.8 Å². The molecule has 1 aliphatic carbocycles. The smallest absolute Gasteiger partial charge is 0.242 e. The number of hydrogen-bond donors (Lipinski definition) is 2. The summed E-state index contributed by atoms with van der Waals surface area (Å²) in [5.74, 6) is 0.683. The predicted octanol–water partition coefficient (Wildman–Crippen LogP) is 1.75. The Hall–Kier alpha value is -1.18. The van der Waals surface area contributed by atoms with E-state index in [4.69, 9.17) is 4.74 Å². The first-order valence-electron chi connectivity index (χ1n) is 7.26. The fourth-order valence-corrected chi connectivity index (χ4v) is 3.29. The van der Waals surface area contributed by atoms with Crippen molar-refractivity contribution in [2.45, 2.75) is 43.1 Å². The van der Waals surface area contributed by atoms with Crippen molar-refractivity contribution in [3.8, 4) is 0 Å².